The van der Waals surface area contributed by atoms with Crippen molar-refractivity contribution in [2.75, 3.05) is 0 Å². The van der Waals surface area contributed by atoms with Crippen LogP contribution in [0.15, 0.2) is 10.7 Å². The minimum Gasteiger partial charge on any atom is -0.448 e. The van der Waals surface area contributed by atoms with Gasteiger partial charge in [0, 0.05) is 5.92 Å². The van der Waals surface area contributed by atoms with Gasteiger partial charge in [-0.15, -0.1) is 0 Å². The zero-order valence-electron chi connectivity index (χ0n) is 9.59. The van der Waals surface area contributed by atoms with Crippen molar-refractivity contribution in [1.29, 1.82) is 0 Å². The molecular weight excluding hydrogens is 162 g/mol. The van der Waals surface area contributed by atoms with E-state index in [9.17, 15) is 0 Å². The summed E-state index contributed by atoms with van der Waals surface area (Å²) in [6.07, 6.45) is 1.75. The third-order valence-electron chi connectivity index (χ3n) is 1.63. The van der Waals surface area contributed by atoms with Crippen molar-refractivity contribution in [3.63, 3.8) is 0 Å². The fraction of sp³-hybridized carbons (Fsp3) is 0.727. The molecule has 0 bridgehead atoms. The lowest BCUT2D eigenvalue weighted by atomic mass is 10.1. The largest absolute Gasteiger partial charge is 0.448 e. The smallest absolute Gasteiger partial charge is 0.196 e. The molecule has 13 heavy (non-hydrogen) atoms. The molecule has 0 aliphatic carbocycles. The topological polar surface area (TPSA) is 26.0 Å². The molecule has 0 radical (unpaired) electrons. The first-order valence-electron chi connectivity index (χ1n) is 5.06. The van der Waals surface area contributed by atoms with Crippen LogP contribution >= 0.6 is 0 Å². The van der Waals surface area contributed by atoms with Gasteiger partial charge in [0.2, 0.25) is 0 Å². The second-order valence-corrected chi connectivity index (χ2v) is 3.42. The maximum absolute atomic E-state index is 5.28. The molecule has 0 spiro atoms. The molecule has 0 saturated carbocycles. The Balaban J connectivity index is 0.000000671. The second kappa shape index (κ2) is 5.79. The molecule has 0 fully saturated rings. The fourth-order valence-corrected chi connectivity index (χ4v) is 0.831. The van der Waals surface area contributed by atoms with Gasteiger partial charge in [-0.25, -0.2) is 4.98 Å². The highest BCUT2D eigenvalue weighted by atomic mass is 16.3. The highest BCUT2D eigenvalue weighted by molar-refractivity contribution is 5.03. The summed E-state index contributed by atoms with van der Waals surface area (Å²) in [6, 6.07) is 0. The van der Waals surface area contributed by atoms with Crippen LogP contribution in [-0.4, -0.2) is 4.98 Å². The molecule has 0 saturated heterocycles. The highest BCUT2D eigenvalue weighted by Gasteiger charge is 2.09. The van der Waals surface area contributed by atoms with E-state index < -0.39 is 0 Å². The van der Waals surface area contributed by atoms with E-state index in [0.29, 0.717) is 11.8 Å². The molecule has 2 nitrogen and oxygen atoms in total. The Morgan fingerprint density at radius 1 is 1.08 bits per heavy atom. The Bertz CT molecular complexity index is 203. The van der Waals surface area contributed by atoms with Gasteiger partial charge in [0.05, 0.1) is 5.69 Å². The maximum atomic E-state index is 5.28. The van der Waals surface area contributed by atoms with E-state index in [2.05, 4.69) is 32.7 Å². The zero-order chi connectivity index (χ0) is 10.4. The molecule has 2 heteroatoms. The normalized spacial score (nSPS) is 10.2. The summed E-state index contributed by atoms with van der Waals surface area (Å²) >= 11 is 0. The van der Waals surface area contributed by atoms with Crippen LogP contribution in [0.4, 0.5) is 0 Å². The number of hydrogen-bond donors (Lipinski definition) is 0. The van der Waals surface area contributed by atoms with Crippen LogP contribution in [0.1, 0.15) is 65.0 Å². The van der Waals surface area contributed by atoms with Crippen molar-refractivity contribution in [3.05, 3.63) is 17.8 Å². The molecule has 0 N–H and O–H groups in total. The van der Waals surface area contributed by atoms with Crippen LogP contribution < -0.4 is 0 Å². The number of nitrogens with zero attached hydrogens (tertiary/aromatic N) is 1. The van der Waals surface area contributed by atoms with Crippen molar-refractivity contribution < 1.29 is 4.42 Å². The van der Waals surface area contributed by atoms with Crippen molar-refractivity contribution in [1.82, 2.24) is 4.98 Å². The van der Waals surface area contributed by atoms with E-state index in [-0.39, 0.29) is 0 Å². The molecule has 0 aliphatic rings. The van der Waals surface area contributed by atoms with Crippen molar-refractivity contribution >= 4 is 0 Å². The van der Waals surface area contributed by atoms with Crippen molar-refractivity contribution in [3.8, 4) is 0 Å². The average molecular weight is 183 g/mol. The van der Waals surface area contributed by atoms with Crippen LogP contribution in [0.25, 0.3) is 0 Å². The Labute approximate surface area is 81.4 Å². The molecule has 0 atom stereocenters. The lowest BCUT2D eigenvalue weighted by Crippen LogP contribution is -1.90. The molecule has 76 valence electrons. The maximum Gasteiger partial charge on any atom is 0.196 e. The molecule has 0 aliphatic heterocycles. The first-order chi connectivity index (χ1) is 6.11. The van der Waals surface area contributed by atoms with E-state index in [1.807, 2.05) is 13.8 Å². The molecule has 1 aromatic heterocycles. The van der Waals surface area contributed by atoms with E-state index in [0.717, 1.165) is 11.6 Å². The molecule has 1 aromatic rings. The SMILES string of the molecule is CC.CC(C)c1coc(C(C)C)n1. The predicted octanol–water partition coefficient (Wildman–Crippen LogP) is 3.95. The van der Waals surface area contributed by atoms with Gasteiger partial charge >= 0.3 is 0 Å². The molecule has 0 unspecified atom stereocenters. The number of rotatable bonds is 2. The third-order valence-corrected chi connectivity index (χ3v) is 1.63. The van der Waals surface area contributed by atoms with Crippen LogP contribution in [0.3, 0.4) is 0 Å². The number of oxazole rings is 1. The monoisotopic (exact) mass is 183 g/mol. The number of hydrogen-bond acceptors (Lipinski definition) is 2. The standard InChI is InChI=1S/C9H15NO.C2H6/c1-6(2)8-5-11-9(10-8)7(3)4;1-2/h5-7H,1-4H3;1-2H3. The first kappa shape index (κ1) is 12.2. The molecule has 0 amide bonds. The number of aromatic nitrogens is 1. The summed E-state index contributed by atoms with van der Waals surface area (Å²) in [5.74, 6) is 1.70. The van der Waals surface area contributed by atoms with Gasteiger partial charge in [-0.1, -0.05) is 41.5 Å². The first-order valence-corrected chi connectivity index (χ1v) is 5.06. The molecule has 0 aromatic carbocycles. The van der Waals surface area contributed by atoms with Gasteiger partial charge in [0.15, 0.2) is 5.89 Å². The Morgan fingerprint density at radius 3 is 1.85 bits per heavy atom. The van der Waals surface area contributed by atoms with Crippen LogP contribution in [0.5, 0.6) is 0 Å². The zero-order valence-corrected chi connectivity index (χ0v) is 9.59. The van der Waals surface area contributed by atoms with Crippen molar-refractivity contribution in [2.45, 2.75) is 53.4 Å². The van der Waals surface area contributed by atoms with E-state index in [4.69, 9.17) is 4.42 Å². The molecule has 1 heterocycles. The third kappa shape index (κ3) is 3.62. The summed E-state index contributed by atoms with van der Waals surface area (Å²) in [6.45, 7) is 12.4. The summed E-state index contributed by atoms with van der Waals surface area (Å²) < 4.78 is 5.28. The minimum atomic E-state index is 0.391. The molecule has 1 rings (SSSR count). The lowest BCUT2D eigenvalue weighted by Gasteiger charge is -1.96. The van der Waals surface area contributed by atoms with Gasteiger partial charge in [-0.05, 0) is 5.92 Å². The fourth-order valence-electron chi connectivity index (χ4n) is 0.831. The minimum absolute atomic E-state index is 0.391. The lowest BCUT2D eigenvalue weighted by molar-refractivity contribution is 0.470. The quantitative estimate of drug-likeness (QED) is 0.694. The van der Waals surface area contributed by atoms with Crippen molar-refractivity contribution in [2.24, 2.45) is 0 Å². The Morgan fingerprint density at radius 2 is 1.62 bits per heavy atom. The van der Waals surface area contributed by atoms with Gasteiger partial charge in [0.1, 0.15) is 6.26 Å². The highest BCUT2D eigenvalue weighted by Crippen LogP contribution is 2.18. The summed E-state index contributed by atoms with van der Waals surface area (Å²) in [7, 11) is 0. The Hall–Kier alpha value is -0.790. The van der Waals surface area contributed by atoms with Crippen LogP contribution in [0.2, 0.25) is 0 Å². The van der Waals surface area contributed by atoms with Crippen LogP contribution in [-0.2, 0) is 0 Å². The van der Waals surface area contributed by atoms with E-state index in [1.54, 1.807) is 6.26 Å². The molecular formula is C11H21NO. The van der Waals surface area contributed by atoms with E-state index in [1.165, 1.54) is 0 Å². The second-order valence-electron chi connectivity index (χ2n) is 3.42. The van der Waals surface area contributed by atoms with Gasteiger partial charge < -0.3 is 4.42 Å². The van der Waals surface area contributed by atoms with Gasteiger partial charge in [-0.2, -0.15) is 0 Å². The predicted molar refractivity (Wildman–Crippen MR) is 56.0 cm³/mol. The summed E-state index contributed by atoms with van der Waals surface area (Å²) in [5, 5.41) is 0. The van der Waals surface area contributed by atoms with E-state index >= 15 is 0 Å². The van der Waals surface area contributed by atoms with Gasteiger partial charge in [0.25, 0.3) is 0 Å². The Kier molecular flexibility index (Phi) is 5.44. The van der Waals surface area contributed by atoms with Gasteiger partial charge in [-0.3, -0.25) is 0 Å². The average Bonchev–Trinajstić information content (AvgIpc) is 2.56. The summed E-state index contributed by atoms with van der Waals surface area (Å²) in [5.41, 5.74) is 1.05. The summed E-state index contributed by atoms with van der Waals surface area (Å²) in [4.78, 5) is 4.34. The van der Waals surface area contributed by atoms with Crippen LogP contribution in [0, 0.1) is 0 Å².